The SMILES string of the molecule is CCCNC(CC(C)CC)C1CCCO1. The monoisotopic (exact) mass is 213 g/mol. The van der Waals surface area contributed by atoms with Crippen LogP contribution in [0.15, 0.2) is 0 Å². The Morgan fingerprint density at radius 2 is 2.20 bits per heavy atom. The highest BCUT2D eigenvalue weighted by molar-refractivity contribution is 4.81. The lowest BCUT2D eigenvalue weighted by Gasteiger charge is -2.26. The number of hydrogen-bond acceptors (Lipinski definition) is 2. The van der Waals surface area contributed by atoms with Crippen LogP contribution in [0, 0.1) is 5.92 Å². The molecule has 0 aromatic rings. The smallest absolute Gasteiger partial charge is 0.0728 e. The van der Waals surface area contributed by atoms with E-state index in [0.29, 0.717) is 12.1 Å². The average molecular weight is 213 g/mol. The maximum Gasteiger partial charge on any atom is 0.0728 e. The minimum Gasteiger partial charge on any atom is -0.377 e. The van der Waals surface area contributed by atoms with Crippen molar-refractivity contribution >= 4 is 0 Å². The molecule has 0 amide bonds. The summed E-state index contributed by atoms with van der Waals surface area (Å²) in [7, 11) is 0. The van der Waals surface area contributed by atoms with E-state index in [2.05, 4.69) is 26.1 Å². The van der Waals surface area contributed by atoms with Gasteiger partial charge in [-0.25, -0.2) is 0 Å². The van der Waals surface area contributed by atoms with Gasteiger partial charge in [0, 0.05) is 12.6 Å². The van der Waals surface area contributed by atoms with Crippen molar-refractivity contribution in [3.05, 3.63) is 0 Å². The van der Waals surface area contributed by atoms with Crippen LogP contribution in [0.2, 0.25) is 0 Å². The van der Waals surface area contributed by atoms with Gasteiger partial charge in [0.1, 0.15) is 0 Å². The zero-order valence-electron chi connectivity index (χ0n) is 10.6. The van der Waals surface area contributed by atoms with Crippen LogP contribution < -0.4 is 5.32 Å². The molecule has 3 unspecified atom stereocenters. The lowest BCUT2D eigenvalue weighted by Crippen LogP contribution is -2.41. The second-order valence-electron chi connectivity index (χ2n) is 4.86. The molecule has 0 aromatic carbocycles. The summed E-state index contributed by atoms with van der Waals surface area (Å²) in [6, 6.07) is 0.586. The Bertz CT molecular complexity index is 155. The first-order valence-corrected chi connectivity index (χ1v) is 6.62. The fourth-order valence-electron chi connectivity index (χ4n) is 2.22. The van der Waals surface area contributed by atoms with Crippen molar-refractivity contribution in [3.63, 3.8) is 0 Å². The van der Waals surface area contributed by atoms with E-state index >= 15 is 0 Å². The summed E-state index contributed by atoms with van der Waals surface area (Å²) >= 11 is 0. The Balaban J connectivity index is 2.36. The van der Waals surface area contributed by atoms with Crippen LogP contribution in [-0.4, -0.2) is 25.3 Å². The topological polar surface area (TPSA) is 21.3 Å². The van der Waals surface area contributed by atoms with Crippen molar-refractivity contribution in [3.8, 4) is 0 Å². The van der Waals surface area contributed by atoms with Gasteiger partial charge in [-0.15, -0.1) is 0 Å². The minimum absolute atomic E-state index is 0.477. The van der Waals surface area contributed by atoms with Gasteiger partial charge >= 0.3 is 0 Å². The Labute approximate surface area is 94.8 Å². The van der Waals surface area contributed by atoms with Gasteiger partial charge < -0.3 is 10.1 Å². The molecule has 1 rings (SSSR count). The van der Waals surface area contributed by atoms with Crippen LogP contribution in [0.1, 0.15) is 52.9 Å². The predicted octanol–water partition coefficient (Wildman–Crippen LogP) is 2.97. The third-order valence-electron chi connectivity index (χ3n) is 3.42. The van der Waals surface area contributed by atoms with Gasteiger partial charge in [0.15, 0.2) is 0 Å². The quantitative estimate of drug-likeness (QED) is 0.702. The first-order chi connectivity index (χ1) is 7.27. The van der Waals surface area contributed by atoms with Gasteiger partial charge in [-0.3, -0.25) is 0 Å². The number of nitrogens with one attached hydrogen (secondary N) is 1. The average Bonchev–Trinajstić information content (AvgIpc) is 2.77. The van der Waals surface area contributed by atoms with Crippen molar-refractivity contribution < 1.29 is 4.74 Å². The Morgan fingerprint density at radius 3 is 2.73 bits per heavy atom. The van der Waals surface area contributed by atoms with Crippen molar-refractivity contribution in [2.75, 3.05) is 13.2 Å². The predicted molar refractivity (Wildman–Crippen MR) is 65.1 cm³/mol. The van der Waals surface area contributed by atoms with E-state index in [0.717, 1.165) is 19.1 Å². The lowest BCUT2D eigenvalue weighted by molar-refractivity contribution is 0.0704. The molecule has 0 spiro atoms. The lowest BCUT2D eigenvalue weighted by atomic mass is 9.94. The molecular formula is C13H27NO. The van der Waals surface area contributed by atoms with Gasteiger partial charge in [0.05, 0.1) is 6.10 Å². The van der Waals surface area contributed by atoms with Crippen molar-refractivity contribution in [1.82, 2.24) is 5.32 Å². The number of rotatable bonds is 7. The molecule has 0 saturated carbocycles. The van der Waals surface area contributed by atoms with Crippen LogP contribution in [0.3, 0.4) is 0 Å². The summed E-state index contributed by atoms with van der Waals surface area (Å²) in [5, 5.41) is 3.65. The van der Waals surface area contributed by atoms with Crippen LogP contribution in [-0.2, 0) is 4.74 Å². The summed E-state index contributed by atoms with van der Waals surface area (Å²) in [5.41, 5.74) is 0. The molecule has 0 radical (unpaired) electrons. The maximum absolute atomic E-state index is 5.80. The van der Waals surface area contributed by atoms with E-state index in [4.69, 9.17) is 4.74 Å². The molecule has 1 saturated heterocycles. The molecule has 0 aromatic heterocycles. The maximum atomic E-state index is 5.80. The largest absolute Gasteiger partial charge is 0.377 e. The van der Waals surface area contributed by atoms with Crippen LogP contribution >= 0.6 is 0 Å². The van der Waals surface area contributed by atoms with E-state index in [1.807, 2.05) is 0 Å². The normalized spacial score (nSPS) is 25.4. The van der Waals surface area contributed by atoms with E-state index < -0.39 is 0 Å². The van der Waals surface area contributed by atoms with Gasteiger partial charge in [0.25, 0.3) is 0 Å². The third-order valence-corrected chi connectivity index (χ3v) is 3.42. The highest BCUT2D eigenvalue weighted by Gasteiger charge is 2.26. The molecule has 0 aliphatic carbocycles. The standard InChI is InChI=1S/C13H27NO/c1-4-8-14-12(10-11(3)5-2)13-7-6-9-15-13/h11-14H,4-10H2,1-3H3. The molecule has 2 nitrogen and oxygen atoms in total. The Kier molecular flexibility index (Phi) is 6.26. The molecule has 15 heavy (non-hydrogen) atoms. The molecule has 1 fully saturated rings. The fraction of sp³-hybridized carbons (Fsp3) is 1.00. The highest BCUT2D eigenvalue weighted by Crippen LogP contribution is 2.21. The molecule has 1 heterocycles. The zero-order valence-corrected chi connectivity index (χ0v) is 10.6. The summed E-state index contributed by atoms with van der Waals surface area (Å²) < 4.78 is 5.80. The molecule has 3 atom stereocenters. The summed E-state index contributed by atoms with van der Waals surface area (Å²) in [5.74, 6) is 0.809. The van der Waals surface area contributed by atoms with E-state index in [-0.39, 0.29) is 0 Å². The second-order valence-corrected chi connectivity index (χ2v) is 4.86. The summed E-state index contributed by atoms with van der Waals surface area (Å²) in [6.07, 6.45) is 6.72. The first kappa shape index (κ1) is 13.0. The molecule has 1 N–H and O–H groups in total. The summed E-state index contributed by atoms with van der Waals surface area (Å²) in [4.78, 5) is 0. The molecule has 2 heteroatoms. The second kappa shape index (κ2) is 7.24. The van der Waals surface area contributed by atoms with E-state index in [1.165, 1.54) is 32.1 Å². The van der Waals surface area contributed by atoms with E-state index in [9.17, 15) is 0 Å². The van der Waals surface area contributed by atoms with E-state index in [1.54, 1.807) is 0 Å². The molecule has 0 bridgehead atoms. The van der Waals surface area contributed by atoms with Crippen LogP contribution in [0.25, 0.3) is 0 Å². The van der Waals surface area contributed by atoms with Gasteiger partial charge in [-0.05, 0) is 38.1 Å². The molecule has 1 aliphatic heterocycles. The minimum atomic E-state index is 0.477. The van der Waals surface area contributed by atoms with Gasteiger partial charge in [0.2, 0.25) is 0 Å². The van der Waals surface area contributed by atoms with Gasteiger partial charge in [-0.1, -0.05) is 27.2 Å². The molecule has 90 valence electrons. The van der Waals surface area contributed by atoms with Crippen LogP contribution in [0.4, 0.5) is 0 Å². The third kappa shape index (κ3) is 4.52. The first-order valence-electron chi connectivity index (χ1n) is 6.62. The Hall–Kier alpha value is -0.0800. The molecular weight excluding hydrogens is 186 g/mol. The number of ether oxygens (including phenoxy) is 1. The fourth-order valence-corrected chi connectivity index (χ4v) is 2.22. The van der Waals surface area contributed by atoms with Gasteiger partial charge in [-0.2, -0.15) is 0 Å². The van der Waals surface area contributed by atoms with Crippen molar-refractivity contribution in [2.24, 2.45) is 5.92 Å². The summed E-state index contributed by atoms with van der Waals surface area (Å²) in [6.45, 7) is 8.94. The number of hydrogen-bond donors (Lipinski definition) is 1. The van der Waals surface area contributed by atoms with Crippen molar-refractivity contribution in [2.45, 2.75) is 65.0 Å². The highest BCUT2D eigenvalue weighted by atomic mass is 16.5. The Morgan fingerprint density at radius 1 is 1.40 bits per heavy atom. The molecule has 1 aliphatic rings. The van der Waals surface area contributed by atoms with Crippen LogP contribution in [0.5, 0.6) is 0 Å². The van der Waals surface area contributed by atoms with Crippen molar-refractivity contribution in [1.29, 1.82) is 0 Å². The zero-order chi connectivity index (χ0) is 11.1.